The topological polar surface area (TPSA) is 35.2 Å². The predicted molar refractivity (Wildman–Crippen MR) is 92.9 cm³/mol. The summed E-state index contributed by atoms with van der Waals surface area (Å²) in [5.74, 6) is 1.89. The van der Waals surface area contributed by atoms with Gasteiger partial charge in [-0.15, -0.1) is 0 Å². The summed E-state index contributed by atoms with van der Waals surface area (Å²) < 4.78 is 6.04. The van der Waals surface area contributed by atoms with E-state index in [-0.39, 0.29) is 5.92 Å². The normalized spacial score (nSPS) is 16.7. The maximum Gasteiger partial charge on any atom is 0.126 e. The number of ether oxygens (including phenoxy) is 1. The maximum absolute atomic E-state index is 6.30. The first kappa shape index (κ1) is 15.0. The van der Waals surface area contributed by atoms with Gasteiger partial charge in [-0.05, 0) is 54.5 Å². The molecule has 22 heavy (non-hydrogen) atoms. The second-order valence-corrected chi connectivity index (χ2v) is 6.72. The van der Waals surface area contributed by atoms with E-state index in [4.69, 9.17) is 10.5 Å². The lowest BCUT2D eigenvalue weighted by Gasteiger charge is -2.17. The third-order valence-electron chi connectivity index (χ3n) is 5.11. The highest BCUT2D eigenvalue weighted by Crippen LogP contribution is 2.45. The third kappa shape index (κ3) is 2.18. The van der Waals surface area contributed by atoms with Gasteiger partial charge in [0.25, 0.3) is 0 Å². The fraction of sp³-hybridized carbons (Fsp3) is 0.400. The van der Waals surface area contributed by atoms with Crippen LogP contribution in [0.2, 0.25) is 0 Å². The van der Waals surface area contributed by atoms with Crippen LogP contribution in [-0.4, -0.2) is 6.61 Å². The number of hydrogen-bond donors (Lipinski definition) is 1. The number of fused-ring (bicyclic) bond motifs is 1. The fourth-order valence-electron chi connectivity index (χ4n) is 3.40. The van der Waals surface area contributed by atoms with Crippen LogP contribution in [0.4, 0.5) is 5.69 Å². The predicted octanol–water partition coefficient (Wildman–Crippen LogP) is 4.84. The van der Waals surface area contributed by atoms with Crippen LogP contribution >= 0.6 is 0 Å². The van der Waals surface area contributed by atoms with Crippen LogP contribution in [0, 0.1) is 20.8 Å². The van der Waals surface area contributed by atoms with Crippen LogP contribution in [0.5, 0.6) is 5.75 Å². The van der Waals surface area contributed by atoms with E-state index in [9.17, 15) is 0 Å². The first-order chi connectivity index (χ1) is 10.4. The first-order valence-electron chi connectivity index (χ1n) is 8.03. The second-order valence-electron chi connectivity index (χ2n) is 6.72. The van der Waals surface area contributed by atoms with E-state index in [1.807, 2.05) is 0 Å². The number of hydrogen-bond acceptors (Lipinski definition) is 2. The van der Waals surface area contributed by atoms with Crippen molar-refractivity contribution in [1.82, 2.24) is 0 Å². The Hall–Kier alpha value is -1.96. The van der Waals surface area contributed by atoms with Gasteiger partial charge in [-0.1, -0.05) is 38.1 Å². The molecule has 2 heteroatoms. The van der Waals surface area contributed by atoms with E-state index in [2.05, 4.69) is 58.9 Å². The highest BCUT2D eigenvalue weighted by Gasteiger charge is 2.31. The number of benzene rings is 2. The Morgan fingerprint density at radius 1 is 1.00 bits per heavy atom. The van der Waals surface area contributed by atoms with Crippen molar-refractivity contribution in [2.24, 2.45) is 0 Å². The highest BCUT2D eigenvalue weighted by molar-refractivity contribution is 5.68. The van der Waals surface area contributed by atoms with E-state index >= 15 is 0 Å². The molecule has 2 N–H and O–H groups in total. The molecule has 2 aromatic carbocycles. The molecule has 2 aromatic rings. The van der Waals surface area contributed by atoms with Gasteiger partial charge < -0.3 is 10.5 Å². The molecule has 1 unspecified atom stereocenters. The number of nitrogen functional groups attached to an aromatic ring is 1. The molecule has 1 atom stereocenters. The van der Waals surface area contributed by atoms with Crippen LogP contribution in [0.1, 0.15) is 59.1 Å². The summed E-state index contributed by atoms with van der Waals surface area (Å²) in [5.41, 5.74) is 14.7. The monoisotopic (exact) mass is 295 g/mol. The van der Waals surface area contributed by atoms with E-state index in [1.165, 1.54) is 27.8 Å². The molecule has 1 heterocycles. The van der Waals surface area contributed by atoms with Crippen molar-refractivity contribution in [3.05, 3.63) is 57.6 Å². The minimum absolute atomic E-state index is 0.290. The number of anilines is 1. The highest BCUT2D eigenvalue weighted by atomic mass is 16.5. The van der Waals surface area contributed by atoms with E-state index in [1.54, 1.807) is 0 Å². The van der Waals surface area contributed by atoms with Gasteiger partial charge in [-0.2, -0.15) is 0 Å². The van der Waals surface area contributed by atoms with Gasteiger partial charge in [0.05, 0.1) is 6.61 Å². The van der Waals surface area contributed by atoms with Crippen molar-refractivity contribution in [2.75, 3.05) is 12.3 Å². The zero-order chi connectivity index (χ0) is 16.0. The van der Waals surface area contributed by atoms with Crippen LogP contribution in [0.3, 0.4) is 0 Å². The molecule has 0 saturated heterocycles. The molecule has 0 aromatic heterocycles. The smallest absolute Gasteiger partial charge is 0.126 e. The summed E-state index contributed by atoms with van der Waals surface area (Å²) in [6.45, 7) is 11.5. The van der Waals surface area contributed by atoms with Gasteiger partial charge in [0.15, 0.2) is 0 Å². The summed E-state index contributed by atoms with van der Waals surface area (Å²) >= 11 is 0. The molecule has 0 amide bonds. The molecule has 2 nitrogen and oxygen atoms in total. The van der Waals surface area contributed by atoms with Crippen LogP contribution in [0.15, 0.2) is 24.3 Å². The lowest BCUT2D eigenvalue weighted by molar-refractivity contribution is 0.341. The van der Waals surface area contributed by atoms with Crippen molar-refractivity contribution >= 4 is 5.69 Å². The summed E-state index contributed by atoms with van der Waals surface area (Å²) in [6, 6.07) is 8.95. The molecule has 0 aliphatic carbocycles. The molecule has 1 aliphatic rings. The lowest BCUT2D eigenvalue weighted by Crippen LogP contribution is -2.05. The van der Waals surface area contributed by atoms with E-state index in [0.29, 0.717) is 12.5 Å². The zero-order valence-corrected chi connectivity index (χ0v) is 14.2. The zero-order valence-electron chi connectivity index (χ0n) is 14.2. The number of rotatable bonds is 2. The summed E-state index contributed by atoms with van der Waals surface area (Å²) in [4.78, 5) is 0. The Morgan fingerprint density at radius 2 is 1.64 bits per heavy atom. The largest absolute Gasteiger partial charge is 0.492 e. The van der Waals surface area contributed by atoms with E-state index < -0.39 is 0 Å². The minimum atomic E-state index is 0.290. The van der Waals surface area contributed by atoms with Gasteiger partial charge in [0.1, 0.15) is 5.75 Å². The average Bonchev–Trinajstić information content (AvgIpc) is 2.96. The van der Waals surface area contributed by atoms with Gasteiger partial charge in [-0.25, -0.2) is 0 Å². The Labute approximate surface area is 133 Å². The lowest BCUT2D eigenvalue weighted by atomic mass is 9.86. The molecular formula is C20H25NO. The van der Waals surface area contributed by atoms with Crippen LogP contribution in [-0.2, 0) is 0 Å². The van der Waals surface area contributed by atoms with Crippen LogP contribution < -0.4 is 10.5 Å². The van der Waals surface area contributed by atoms with Gasteiger partial charge in [0, 0.05) is 17.2 Å². The van der Waals surface area contributed by atoms with E-state index in [0.717, 1.165) is 17.0 Å². The standard InChI is InChI=1S/C20H25NO/c1-11(2)15-6-8-16(9-7-15)17-10-22-20-13(4)12(3)19(21)14(5)18(17)20/h6-9,11,17H,10,21H2,1-5H3. The molecule has 1 aliphatic heterocycles. The van der Waals surface area contributed by atoms with Crippen molar-refractivity contribution in [2.45, 2.75) is 46.5 Å². The Morgan fingerprint density at radius 3 is 2.23 bits per heavy atom. The van der Waals surface area contributed by atoms with Gasteiger partial charge in [0.2, 0.25) is 0 Å². The molecule has 0 bridgehead atoms. The SMILES string of the molecule is Cc1c(C)c2c(c(C)c1N)C(c1ccc(C(C)C)cc1)CO2. The van der Waals surface area contributed by atoms with Gasteiger partial charge in [-0.3, -0.25) is 0 Å². The maximum atomic E-state index is 6.30. The molecule has 0 radical (unpaired) electrons. The second kappa shape index (κ2) is 5.35. The molecule has 116 valence electrons. The summed E-state index contributed by atoms with van der Waals surface area (Å²) in [6.07, 6.45) is 0. The quantitative estimate of drug-likeness (QED) is 0.804. The third-order valence-corrected chi connectivity index (χ3v) is 5.11. The first-order valence-corrected chi connectivity index (χ1v) is 8.03. The van der Waals surface area contributed by atoms with Crippen LogP contribution in [0.25, 0.3) is 0 Å². The van der Waals surface area contributed by atoms with Gasteiger partial charge >= 0.3 is 0 Å². The molecular weight excluding hydrogens is 270 g/mol. The summed E-state index contributed by atoms with van der Waals surface area (Å²) in [7, 11) is 0. The Kier molecular flexibility index (Phi) is 3.64. The minimum Gasteiger partial charge on any atom is -0.492 e. The molecule has 0 spiro atoms. The van der Waals surface area contributed by atoms with Crippen molar-refractivity contribution in [3.8, 4) is 5.75 Å². The molecule has 3 rings (SSSR count). The Bertz CT molecular complexity index is 714. The Balaban J connectivity index is 2.08. The van der Waals surface area contributed by atoms with Crippen molar-refractivity contribution in [1.29, 1.82) is 0 Å². The molecule has 0 saturated carbocycles. The average molecular weight is 295 g/mol. The number of nitrogens with two attached hydrogens (primary N) is 1. The molecule has 0 fully saturated rings. The summed E-state index contributed by atoms with van der Waals surface area (Å²) in [5, 5.41) is 0. The fourth-order valence-corrected chi connectivity index (χ4v) is 3.40. The van der Waals surface area contributed by atoms with Crippen molar-refractivity contribution in [3.63, 3.8) is 0 Å². The van der Waals surface area contributed by atoms with Crippen molar-refractivity contribution < 1.29 is 4.74 Å².